The first-order chi connectivity index (χ1) is 12.0. The number of carbonyl (C=O) groups excluding carboxylic acids is 1. The third-order valence-electron chi connectivity index (χ3n) is 3.78. The minimum atomic E-state index is -1.04. The second-order valence-corrected chi connectivity index (χ2v) is 6.59. The number of anilines is 3. The summed E-state index contributed by atoms with van der Waals surface area (Å²) in [5, 5.41) is 15.6. The molecular weight excluding hydrogens is 344 g/mol. The summed E-state index contributed by atoms with van der Waals surface area (Å²) in [4.78, 5) is 33.0. The van der Waals surface area contributed by atoms with Gasteiger partial charge in [-0.15, -0.1) is 0 Å². The number of amides is 2. The average Bonchev–Trinajstić information content (AvgIpc) is 2.99. The first-order valence-electron chi connectivity index (χ1n) is 7.76. The molecule has 9 nitrogen and oxygen atoms in total. The highest BCUT2D eigenvalue weighted by atomic mass is 32.1. The fourth-order valence-electron chi connectivity index (χ4n) is 2.69. The highest BCUT2D eigenvalue weighted by Gasteiger charge is 2.26. The van der Waals surface area contributed by atoms with Crippen LogP contribution >= 0.6 is 11.3 Å². The Balaban J connectivity index is 1.81. The van der Waals surface area contributed by atoms with Gasteiger partial charge in [-0.05, 0) is 25.0 Å². The number of thiazole rings is 1. The zero-order valence-corrected chi connectivity index (χ0v) is 14.1. The minimum absolute atomic E-state index is 0.152. The third kappa shape index (κ3) is 4.15. The molecule has 1 aliphatic heterocycles. The maximum Gasteiger partial charge on any atom is 0.404 e. The van der Waals surface area contributed by atoms with Crippen LogP contribution in [0, 0.1) is 0 Å². The van der Waals surface area contributed by atoms with Crippen molar-refractivity contribution in [3.8, 4) is 0 Å². The highest BCUT2D eigenvalue weighted by Crippen LogP contribution is 2.34. The Bertz CT molecular complexity index is 766. The van der Waals surface area contributed by atoms with E-state index in [0.29, 0.717) is 22.5 Å². The van der Waals surface area contributed by atoms with Crippen LogP contribution in [0.1, 0.15) is 23.3 Å². The summed E-state index contributed by atoms with van der Waals surface area (Å²) >= 11 is 1.30. The zero-order chi connectivity index (χ0) is 17.8. The lowest BCUT2D eigenvalue weighted by molar-refractivity contribution is 0.0997. The predicted octanol–water partition coefficient (Wildman–Crippen LogP) is 1.62. The van der Waals surface area contributed by atoms with Gasteiger partial charge in [0.15, 0.2) is 10.8 Å². The molecule has 2 aromatic rings. The lowest BCUT2D eigenvalue weighted by Gasteiger charge is -2.32. The van der Waals surface area contributed by atoms with Gasteiger partial charge in [0, 0.05) is 25.3 Å². The van der Waals surface area contributed by atoms with E-state index in [-0.39, 0.29) is 11.7 Å². The molecule has 3 heterocycles. The molecule has 1 fully saturated rings. The Morgan fingerprint density at radius 3 is 2.92 bits per heavy atom. The summed E-state index contributed by atoms with van der Waals surface area (Å²) in [5.41, 5.74) is 5.59. The second kappa shape index (κ2) is 7.34. The monoisotopic (exact) mass is 362 g/mol. The Morgan fingerprint density at radius 2 is 2.24 bits per heavy atom. The smallest absolute Gasteiger partial charge is 0.404 e. The van der Waals surface area contributed by atoms with Crippen molar-refractivity contribution in [2.24, 2.45) is 5.73 Å². The van der Waals surface area contributed by atoms with E-state index in [4.69, 9.17) is 10.8 Å². The van der Waals surface area contributed by atoms with E-state index in [2.05, 4.69) is 20.6 Å². The molecule has 1 aliphatic rings. The van der Waals surface area contributed by atoms with E-state index >= 15 is 0 Å². The van der Waals surface area contributed by atoms with Gasteiger partial charge in [0.1, 0.15) is 10.8 Å². The number of nitrogens with two attached hydrogens (primary N) is 1. The van der Waals surface area contributed by atoms with Gasteiger partial charge < -0.3 is 26.4 Å². The zero-order valence-electron chi connectivity index (χ0n) is 13.3. The largest absolute Gasteiger partial charge is 0.465 e. The number of rotatable bonds is 5. The van der Waals surface area contributed by atoms with Gasteiger partial charge in [-0.2, -0.15) is 0 Å². The fraction of sp³-hybridized carbons (Fsp3) is 0.333. The van der Waals surface area contributed by atoms with Crippen LogP contribution in [0.25, 0.3) is 0 Å². The number of pyridine rings is 1. The van der Waals surface area contributed by atoms with Gasteiger partial charge in [0.2, 0.25) is 0 Å². The van der Waals surface area contributed by atoms with Gasteiger partial charge >= 0.3 is 6.09 Å². The molecule has 0 bridgehead atoms. The molecule has 1 saturated heterocycles. The number of nitrogens with zero attached hydrogens (tertiary/aromatic N) is 3. The van der Waals surface area contributed by atoms with Crippen LogP contribution in [-0.2, 0) is 0 Å². The Kier molecular flexibility index (Phi) is 4.98. The van der Waals surface area contributed by atoms with Gasteiger partial charge in [0.05, 0.1) is 0 Å². The normalized spacial score (nSPS) is 17.1. The standard InChI is InChI=1S/C15H18N6O3S/c16-12(22)11-13(19-10-5-1-2-6-17-10)25-14(20-11)21-7-3-4-9(8-21)18-15(23)24/h1-2,5-6,9,18H,3-4,7-8H2,(H2,16,22)(H,17,19)(H,23,24)/t9-/m1/s1. The van der Waals surface area contributed by atoms with E-state index in [1.165, 1.54) is 11.3 Å². The molecule has 1 atom stereocenters. The SMILES string of the molecule is NC(=O)c1nc(N2CCC[C@@H](NC(=O)O)C2)sc1Nc1ccccn1. The summed E-state index contributed by atoms with van der Waals surface area (Å²) in [6.07, 6.45) is 2.21. The number of hydrogen-bond donors (Lipinski definition) is 4. The molecule has 0 spiro atoms. The number of carboxylic acid groups (broad SMARTS) is 1. The molecule has 5 N–H and O–H groups in total. The summed E-state index contributed by atoms with van der Waals surface area (Å²) < 4.78 is 0. The van der Waals surface area contributed by atoms with Crippen LogP contribution in [0.5, 0.6) is 0 Å². The van der Waals surface area contributed by atoms with Crippen molar-refractivity contribution < 1.29 is 14.7 Å². The van der Waals surface area contributed by atoms with E-state index in [0.717, 1.165) is 19.4 Å². The van der Waals surface area contributed by atoms with Crippen molar-refractivity contribution >= 4 is 39.3 Å². The van der Waals surface area contributed by atoms with Crippen molar-refractivity contribution in [2.75, 3.05) is 23.3 Å². The minimum Gasteiger partial charge on any atom is -0.465 e. The maximum atomic E-state index is 11.7. The van der Waals surface area contributed by atoms with Crippen LogP contribution in [0.15, 0.2) is 24.4 Å². The summed E-state index contributed by atoms with van der Waals surface area (Å²) in [5.74, 6) is -0.0394. The molecular formula is C15H18N6O3S. The van der Waals surface area contributed by atoms with Crippen LogP contribution < -0.4 is 21.3 Å². The first-order valence-corrected chi connectivity index (χ1v) is 8.57. The summed E-state index contributed by atoms with van der Waals surface area (Å²) in [6.45, 7) is 1.24. The van der Waals surface area contributed by atoms with E-state index in [1.807, 2.05) is 11.0 Å². The lowest BCUT2D eigenvalue weighted by Crippen LogP contribution is -2.47. The number of hydrogen-bond acceptors (Lipinski definition) is 7. The average molecular weight is 362 g/mol. The van der Waals surface area contributed by atoms with Crippen molar-refractivity contribution in [1.82, 2.24) is 15.3 Å². The van der Waals surface area contributed by atoms with Crippen LogP contribution in [-0.4, -0.2) is 46.2 Å². The molecule has 132 valence electrons. The highest BCUT2D eigenvalue weighted by molar-refractivity contribution is 7.20. The van der Waals surface area contributed by atoms with Gasteiger partial charge in [-0.3, -0.25) is 4.79 Å². The molecule has 2 amide bonds. The second-order valence-electron chi connectivity index (χ2n) is 5.61. The number of nitrogens with one attached hydrogen (secondary N) is 2. The molecule has 10 heteroatoms. The van der Waals surface area contributed by atoms with Crippen molar-refractivity contribution in [2.45, 2.75) is 18.9 Å². The van der Waals surface area contributed by atoms with E-state index < -0.39 is 12.0 Å². The van der Waals surface area contributed by atoms with Crippen LogP contribution in [0.3, 0.4) is 0 Å². The number of primary amides is 1. The maximum absolute atomic E-state index is 11.7. The fourth-order valence-corrected chi connectivity index (χ4v) is 3.71. The lowest BCUT2D eigenvalue weighted by atomic mass is 10.1. The molecule has 0 saturated carbocycles. The molecule has 0 aromatic carbocycles. The van der Waals surface area contributed by atoms with E-state index in [9.17, 15) is 9.59 Å². The quantitative estimate of drug-likeness (QED) is 0.635. The Hall–Kier alpha value is -2.88. The Labute approximate surface area is 147 Å². The third-order valence-corrected chi connectivity index (χ3v) is 4.81. The molecule has 0 radical (unpaired) electrons. The van der Waals surface area contributed by atoms with Crippen molar-refractivity contribution in [3.63, 3.8) is 0 Å². The van der Waals surface area contributed by atoms with Gasteiger partial charge in [-0.25, -0.2) is 14.8 Å². The predicted molar refractivity (Wildman–Crippen MR) is 94.5 cm³/mol. The molecule has 2 aromatic heterocycles. The first kappa shape index (κ1) is 17.0. The summed E-state index contributed by atoms with van der Waals surface area (Å²) in [7, 11) is 0. The van der Waals surface area contributed by atoms with Crippen LogP contribution in [0.2, 0.25) is 0 Å². The number of carbonyl (C=O) groups is 2. The summed E-state index contributed by atoms with van der Waals surface area (Å²) in [6, 6.07) is 5.23. The van der Waals surface area contributed by atoms with Crippen molar-refractivity contribution in [3.05, 3.63) is 30.1 Å². The van der Waals surface area contributed by atoms with Gasteiger partial charge in [0.25, 0.3) is 5.91 Å². The molecule has 0 aliphatic carbocycles. The molecule has 25 heavy (non-hydrogen) atoms. The van der Waals surface area contributed by atoms with Crippen LogP contribution in [0.4, 0.5) is 20.7 Å². The van der Waals surface area contributed by atoms with E-state index in [1.54, 1.807) is 18.3 Å². The molecule has 0 unspecified atom stereocenters. The Morgan fingerprint density at radius 1 is 1.40 bits per heavy atom. The number of aromatic nitrogens is 2. The molecule has 3 rings (SSSR count). The topological polar surface area (TPSA) is 133 Å². The van der Waals surface area contributed by atoms with Crippen molar-refractivity contribution in [1.29, 1.82) is 0 Å². The van der Waals surface area contributed by atoms with Gasteiger partial charge in [-0.1, -0.05) is 17.4 Å². The number of piperidine rings is 1.